The normalized spacial score (nSPS) is 10.4. The first kappa shape index (κ1) is 19.3. The highest BCUT2D eigenvalue weighted by atomic mass is 35.5. The van der Waals surface area contributed by atoms with Crippen molar-refractivity contribution in [2.75, 3.05) is 6.54 Å². The molecule has 0 aliphatic heterocycles. The van der Waals surface area contributed by atoms with E-state index in [-0.39, 0.29) is 29.9 Å². The Kier molecular flexibility index (Phi) is 14.9. The monoisotopic (exact) mass is 263 g/mol. The van der Waals surface area contributed by atoms with Crippen LogP contribution in [-0.4, -0.2) is 28.8 Å². The van der Waals surface area contributed by atoms with Crippen molar-refractivity contribution in [1.82, 2.24) is 5.32 Å². The minimum atomic E-state index is -0.981. The molecule has 0 saturated carbocycles. The number of carboxylic acids is 1. The zero-order valence-electron chi connectivity index (χ0n) is 7.43. The largest absolute Gasteiger partial charge is 0.480 e. The summed E-state index contributed by atoms with van der Waals surface area (Å²) in [6.45, 7) is 0.566. The number of hydrogen-bond donors (Lipinski definition) is 4. The molecule has 0 aliphatic rings. The molecular formula is C6H15Cl2N3O2S. The van der Waals surface area contributed by atoms with Gasteiger partial charge in [-0.1, -0.05) is 0 Å². The molecule has 0 radical (unpaired) electrons. The van der Waals surface area contributed by atoms with E-state index in [0.717, 1.165) is 0 Å². The summed E-state index contributed by atoms with van der Waals surface area (Å²) in [5.41, 5.74) is 10.4. The smallest absolute Gasteiger partial charge is 0.320 e. The van der Waals surface area contributed by atoms with Crippen LogP contribution in [0.25, 0.3) is 0 Å². The average Bonchev–Trinajstić information content (AvgIpc) is 1.97. The summed E-state index contributed by atoms with van der Waals surface area (Å²) in [4.78, 5) is 10.2. The van der Waals surface area contributed by atoms with E-state index in [2.05, 4.69) is 17.5 Å². The van der Waals surface area contributed by atoms with Crippen molar-refractivity contribution in [3.63, 3.8) is 0 Å². The molecule has 8 heteroatoms. The molecule has 5 nitrogen and oxygen atoms in total. The first-order chi connectivity index (χ1) is 5.54. The van der Waals surface area contributed by atoms with E-state index in [1.54, 1.807) is 0 Å². The van der Waals surface area contributed by atoms with Crippen LogP contribution >= 0.6 is 37.0 Å². The van der Waals surface area contributed by atoms with Crippen LogP contribution in [0.4, 0.5) is 0 Å². The fourth-order valence-electron chi connectivity index (χ4n) is 0.657. The van der Waals surface area contributed by atoms with Gasteiger partial charge in [0.2, 0.25) is 0 Å². The Bertz CT molecular complexity index is 182. The predicted octanol–water partition coefficient (Wildman–Crippen LogP) is -0.145. The first-order valence-electron chi connectivity index (χ1n) is 3.55. The molecule has 6 N–H and O–H groups in total. The van der Waals surface area contributed by atoms with Gasteiger partial charge in [0.25, 0.3) is 0 Å². The Morgan fingerprint density at radius 2 is 2.00 bits per heavy atom. The number of nitrogens with two attached hydrogens (primary N) is 2. The van der Waals surface area contributed by atoms with Crippen molar-refractivity contribution < 1.29 is 9.90 Å². The number of rotatable bonds is 5. The van der Waals surface area contributed by atoms with Gasteiger partial charge in [0.1, 0.15) is 6.04 Å². The van der Waals surface area contributed by atoms with Crippen LogP contribution in [-0.2, 0) is 4.79 Å². The van der Waals surface area contributed by atoms with E-state index < -0.39 is 12.0 Å². The molecule has 0 heterocycles. The van der Waals surface area contributed by atoms with Crippen LogP contribution in [0.2, 0.25) is 0 Å². The lowest BCUT2D eigenvalue weighted by Crippen LogP contribution is -2.33. The Balaban J connectivity index is -0.000000605. The topological polar surface area (TPSA) is 101 Å². The summed E-state index contributed by atoms with van der Waals surface area (Å²) < 4.78 is 0. The quantitative estimate of drug-likeness (QED) is 0.407. The van der Waals surface area contributed by atoms with E-state index in [4.69, 9.17) is 16.6 Å². The van der Waals surface area contributed by atoms with Gasteiger partial charge in [-0.25, -0.2) is 0 Å². The third-order valence-corrected chi connectivity index (χ3v) is 1.45. The van der Waals surface area contributed by atoms with E-state index in [1.165, 1.54) is 0 Å². The van der Waals surface area contributed by atoms with Gasteiger partial charge in [0, 0.05) is 6.54 Å². The van der Waals surface area contributed by atoms with Crippen molar-refractivity contribution in [2.24, 2.45) is 11.5 Å². The summed E-state index contributed by atoms with van der Waals surface area (Å²) >= 11 is 4.55. The molecule has 0 rings (SSSR count). The predicted molar refractivity (Wildman–Crippen MR) is 64.1 cm³/mol. The molecule has 0 aromatic rings. The maximum absolute atomic E-state index is 10.2. The van der Waals surface area contributed by atoms with Gasteiger partial charge in [-0.05, 0) is 25.1 Å². The van der Waals surface area contributed by atoms with Crippen molar-refractivity contribution in [1.29, 1.82) is 0 Å². The van der Waals surface area contributed by atoms with E-state index in [0.29, 0.717) is 19.4 Å². The molecule has 0 bridgehead atoms. The molecule has 0 saturated heterocycles. The molecule has 0 aromatic carbocycles. The number of nitrogens with one attached hydrogen (secondary N) is 1. The number of carbonyl (C=O) groups is 1. The molecule has 0 fully saturated rings. The fraction of sp³-hybridized carbons (Fsp3) is 0.667. The number of thiocarbonyl (C=S) groups is 1. The van der Waals surface area contributed by atoms with Gasteiger partial charge < -0.3 is 21.9 Å². The van der Waals surface area contributed by atoms with Crippen LogP contribution in [0.1, 0.15) is 12.8 Å². The molecule has 0 amide bonds. The first-order valence-corrected chi connectivity index (χ1v) is 3.96. The Labute approximate surface area is 100 Å². The van der Waals surface area contributed by atoms with Crippen molar-refractivity contribution in [3.8, 4) is 0 Å². The van der Waals surface area contributed by atoms with Crippen molar-refractivity contribution in [2.45, 2.75) is 18.9 Å². The third-order valence-electron chi connectivity index (χ3n) is 1.31. The fourth-order valence-corrected chi connectivity index (χ4v) is 0.759. The number of carboxylic acid groups (broad SMARTS) is 1. The van der Waals surface area contributed by atoms with Crippen molar-refractivity contribution in [3.05, 3.63) is 0 Å². The Morgan fingerprint density at radius 3 is 2.36 bits per heavy atom. The highest BCUT2D eigenvalue weighted by Gasteiger charge is 2.09. The minimum absolute atomic E-state index is 0. The van der Waals surface area contributed by atoms with Gasteiger partial charge in [-0.15, -0.1) is 24.8 Å². The van der Waals surface area contributed by atoms with E-state index in [9.17, 15) is 4.79 Å². The summed E-state index contributed by atoms with van der Waals surface area (Å²) in [7, 11) is 0. The van der Waals surface area contributed by atoms with Crippen LogP contribution in [0.3, 0.4) is 0 Å². The lowest BCUT2D eigenvalue weighted by molar-refractivity contribution is -0.138. The maximum atomic E-state index is 10.2. The highest BCUT2D eigenvalue weighted by Crippen LogP contribution is 1.92. The second-order valence-electron chi connectivity index (χ2n) is 2.38. The number of hydrogen-bond acceptors (Lipinski definition) is 3. The molecule has 0 spiro atoms. The van der Waals surface area contributed by atoms with Gasteiger partial charge >= 0.3 is 5.97 Å². The average molecular weight is 264 g/mol. The second-order valence-corrected chi connectivity index (χ2v) is 2.82. The summed E-state index contributed by atoms with van der Waals surface area (Å²) in [6.07, 6.45) is 1.07. The Hall–Kier alpha value is -0.300. The Morgan fingerprint density at radius 1 is 1.50 bits per heavy atom. The van der Waals surface area contributed by atoms with Gasteiger partial charge in [-0.2, -0.15) is 0 Å². The number of aliphatic carboxylic acids is 1. The second kappa shape index (κ2) is 10.8. The molecule has 1 unspecified atom stereocenters. The molecule has 14 heavy (non-hydrogen) atoms. The molecular weight excluding hydrogens is 249 g/mol. The van der Waals surface area contributed by atoms with Crippen LogP contribution in [0.15, 0.2) is 0 Å². The van der Waals surface area contributed by atoms with Gasteiger partial charge in [-0.3, -0.25) is 4.79 Å². The van der Waals surface area contributed by atoms with E-state index >= 15 is 0 Å². The molecule has 0 aromatic heterocycles. The lowest BCUT2D eigenvalue weighted by atomic mass is 10.2. The number of halogens is 2. The van der Waals surface area contributed by atoms with Crippen LogP contribution in [0.5, 0.6) is 0 Å². The lowest BCUT2D eigenvalue weighted by Gasteiger charge is -2.06. The zero-order chi connectivity index (χ0) is 9.56. The summed E-state index contributed by atoms with van der Waals surface area (Å²) in [5, 5.41) is 11.3. The van der Waals surface area contributed by atoms with E-state index in [1.807, 2.05) is 0 Å². The molecule has 0 aliphatic carbocycles. The SMILES string of the molecule is Cl.Cl.NC(=S)NCCCC(N)C(=O)O. The summed E-state index contributed by atoms with van der Waals surface area (Å²) in [6, 6.07) is -0.793. The van der Waals surface area contributed by atoms with Crippen molar-refractivity contribution >= 4 is 48.1 Å². The highest BCUT2D eigenvalue weighted by molar-refractivity contribution is 7.80. The van der Waals surface area contributed by atoms with Crippen LogP contribution < -0.4 is 16.8 Å². The molecule has 86 valence electrons. The standard InChI is InChI=1S/C6H13N3O2S.2ClH/c7-4(5(10)11)2-1-3-9-6(8)12;;/h4H,1-3,7H2,(H,10,11)(H3,8,9,12);2*1H. The van der Waals surface area contributed by atoms with Gasteiger partial charge in [0.05, 0.1) is 0 Å². The zero-order valence-corrected chi connectivity index (χ0v) is 9.88. The van der Waals surface area contributed by atoms with Crippen LogP contribution in [0, 0.1) is 0 Å². The third kappa shape index (κ3) is 11.7. The maximum Gasteiger partial charge on any atom is 0.320 e. The van der Waals surface area contributed by atoms with Gasteiger partial charge in [0.15, 0.2) is 5.11 Å². The molecule has 1 atom stereocenters. The summed E-state index contributed by atoms with van der Waals surface area (Å²) in [5.74, 6) is -0.981. The minimum Gasteiger partial charge on any atom is -0.480 e.